The molecular weight excluding hydrogens is 338 g/mol. The van der Waals surface area contributed by atoms with E-state index >= 15 is 0 Å². The Kier molecular flexibility index (Phi) is 5.20. The number of nitro groups is 1. The van der Waals surface area contributed by atoms with Crippen molar-refractivity contribution in [2.45, 2.75) is 19.3 Å². The smallest absolute Gasteiger partial charge is 0.271 e. The summed E-state index contributed by atoms with van der Waals surface area (Å²) in [4.78, 5) is 12.6. The SMILES string of the molecule is N#Cc1ccccc1CC1CCN(c2ccc([N+](=O)[O-])cc2Cl)CC1. The molecule has 0 bridgehead atoms. The van der Waals surface area contributed by atoms with Gasteiger partial charge in [-0.2, -0.15) is 5.26 Å². The average Bonchev–Trinajstić information content (AvgIpc) is 2.63. The van der Waals surface area contributed by atoms with Gasteiger partial charge in [-0.1, -0.05) is 29.8 Å². The van der Waals surface area contributed by atoms with E-state index in [4.69, 9.17) is 11.6 Å². The predicted molar refractivity (Wildman–Crippen MR) is 97.9 cm³/mol. The van der Waals surface area contributed by atoms with Crippen LogP contribution >= 0.6 is 11.6 Å². The highest BCUT2D eigenvalue weighted by molar-refractivity contribution is 6.33. The topological polar surface area (TPSA) is 70.2 Å². The quantitative estimate of drug-likeness (QED) is 0.594. The van der Waals surface area contributed by atoms with E-state index < -0.39 is 4.92 Å². The van der Waals surface area contributed by atoms with Gasteiger partial charge in [-0.05, 0) is 42.9 Å². The third-order valence-corrected chi connectivity index (χ3v) is 5.05. The van der Waals surface area contributed by atoms with Gasteiger partial charge in [0.15, 0.2) is 0 Å². The van der Waals surface area contributed by atoms with Crippen LogP contribution < -0.4 is 4.90 Å². The molecule has 1 fully saturated rings. The van der Waals surface area contributed by atoms with Gasteiger partial charge in [0.1, 0.15) is 0 Å². The van der Waals surface area contributed by atoms with Crippen molar-refractivity contribution in [2.75, 3.05) is 18.0 Å². The third-order valence-electron chi connectivity index (χ3n) is 4.74. The summed E-state index contributed by atoms with van der Waals surface area (Å²) in [5, 5.41) is 20.4. The molecule has 0 aromatic heterocycles. The number of benzene rings is 2. The summed E-state index contributed by atoms with van der Waals surface area (Å²) in [7, 11) is 0. The number of nitrogens with zero attached hydrogens (tertiary/aromatic N) is 3. The number of nitriles is 1. The second kappa shape index (κ2) is 7.54. The maximum atomic E-state index is 10.8. The van der Waals surface area contributed by atoms with Crippen LogP contribution in [0.2, 0.25) is 5.02 Å². The van der Waals surface area contributed by atoms with Gasteiger partial charge in [0.2, 0.25) is 0 Å². The van der Waals surface area contributed by atoms with Crippen molar-refractivity contribution in [3.8, 4) is 6.07 Å². The first-order valence-electron chi connectivity index (χ1n) is 8.25. The van der Waals surface area contributed by atoms with Crippen molar-refractivity contribution in [1.29, 1.82) is 5.26 Å². The molecule has 5 nitrogen and oxygen atoms in total. The number of halogens is 1. The predicted octanol–water partition coefficient (Wildman–Crippen LogP) is 4.58. The summed E-state index contributed by atoms with van der Waals surface area (Å²) in [6, 6.07) is 14.6. The molecule has 0 unspecified atom stereocenters. The second-order valence-electron chi connectivity index (χ2n) is 6.30. The monoisotopic (exact) mass is 355 g/mol. The van der Waals surface area contributed by atoms with Crippen LogP contribution in [0.15, 0.2) is 42.5 Å². The lowest BCUT2D eigenvalue weighted by molar-refractivity contribution is -0.384. The van der Waals surface area contributed by atoms with Crippen molar-refractivity contribution in [3.05, 3.63) is 68.7 Å². The molecule has 0 spiro atoms. The first-order chi connectivity index (χ1) is 12.1. The minimum atomic E-state index is -0.436. The molecule has 0 aliphatic carbocycles. The molecule has 6 heteroatoms. The van der Waals surface area contributed by atoms with Gasteiger partial charge in [0, 0.05) is 25.2 Å². The van der Waals surface area contributed by atoms with E-state index in [1.165, 1.54) is 12.1 Å². The van der Waals surface area contributed by atoms with E-state index in [9.17, 15) is 15.4 Å². The maximum Gasteiger partial charge on any atom is 0.271 e. The Hall–Kier alpha value is -2.58. The summed E-state index contributed by atoms with van der Waals surface area (Å²) >= 11 is 6.23. The van der Waals surface area contributed by atoms with E-state index in [1.54, 1.807) is 6.07 Å². The van der Waals surface area contributed by atoms with Crippen LogP contribution in [0.3, 0.4) is 0 Å². The molecule has 1 aliphatic heterocycles. The first kappa shape index (κ1) is 17.2. The van der Waals surface area contributed by atoms with Crippen molar-refractivity contribution < 1.29 is 4.92 Å². The molecule has 0 atom stereocenters. The lowest BCUT2D eigenvalue weighted by Crippen LogP contribution is -2.34. The van der Waals surface area contributed by atoms with Crippen LogP contribution in [-0.4, -0.2) is 18.0 Å². The fraction of sp³-hybridized carbons (Fsp3) is 0.316. The average molecular weight is 356 g/mol. The number of rotatable bonds is 4. The molecule has 25 heavy (non-hydrogen) atoms. The summed E-state index contributed by atoms with van der Waals surface area (Å²) in [6.45, 7) is 1.72. The summed E-state index contributed by atoms with van der Waals surface area (Å²) in [6.07, 6.45) is 2.92. The Morgan fingerprint density at radius 2 is 1.96 bits per heavy atom. The molecule has 0 N–H and O–H groups in total. The van der Waals surface area contributed by atoms with Crippen molar-refractivity contribution >= 4 is 23.0 Å². The fourth-order valence-electron chi connectivity index (χ4n) is 3.36. The fourth-order valence-corrected chi connectivity index (χ4v) is 3.66. The highest BCUT2D eigenvalue weighted by atomic mass is 35.5. The summed E-state index contributed by atoms with van der Waals surface area (Å²) in [5.74, 6) is 0.530. The Bertz CT molecular complexity index is 824. The van der Waals surface area contributed by atoms with Crippen LogP contribution in [0.5, 0.6) is 0 Å². The zero-order chi connectivity index (χ0) is 17.8. The lowest BCUT2D eigenvalue weighted by Gasteiger charge is -2.34. The van der Waals surface area contributed by atoms with Crippen LogP contribution in [0.4, 0.5) is 11.4 Å². The van der Waals surface area contributed by atoms with Crippen LogP contribution in [0.1, 0.15) is 24.0 Å². The van der Waals surface area contributed by atoms with Gasteiger partial charge < -0.3 is 4.90 Å². The third kappa shape index (κ3) is 3.92. The molecule has 1 saturated heterocycles. The van der Waals surface area contributed by atoms with Gasteiger partial charge in [0.05, 0.1) is 27.3 Å². The molecule has 0 saturated carbocycles. The first-order valence-corrected chi connectivity index (χ1v) is 8.63. The Morgan fingerprint density at radius 1 is 1.24 bits per heavy atom. The minimum Gasteiger partial charge on any atom is -0.370 e. The molecule has 1 heterocycles. The minimum absolute atomic E-state index is 0.0109. The molecule has 1 aliphatic rings. The summed E-state index contributed by atoms with van der Waals surface area (Å²) < 4.78 is 0. The number of nitro benzene ring substituents is 1. The Balaban J connectivity index is 1.64. The van der Waals surface area contributed by atoms with Crippen molar-refractivity contribution in [3.63, 3.8) is 0 Å². The normalized spacial score (nSPS) is 15.0. The van der Waals surface area contributed by atoms with Crippen LogP contribution in [0.25, 0.3) is 0 Å². The summed E-state index contributed by atoms with van der Waals surface area (Å²) in [5.41, 5.74) is 2.72. The molecule has 0 radical (unpaired) electrons. The number of non-ortho nitro benzene ring substituents is 1. The van der Waals surface area contributed by atoms with Gasteiger partial charge >= 0.3 is 0 Å². The van der Waals surface area contributed by atoms with E-state index in [0.717, 1.165) is 49.2 Å². The number of piperidine rings is 1. The molecule has 128 valence electrons. The molecule has 3 rings (SSSR count). The van der Waals surface area contributed by atoms with E-state index in [0.29, 0.717) is 10.9 Å². The highest BCUT2D eigenvalue weighted by Gasteiger charge is 2.22. The van der Waals surface area contributed by atoms with Crippen molar-refractivity contribution in [1.82, 2.24) is 0 Å². The lowest BCUT2D eigenvalue weighted by atomic mass is 9.88. The zero-order valence-corrected chi connectivity index (χ0v) is 14.4. The van der Waals surface area contributed by atoms with Gasteiger partial charge in [-0.25, -0.2) is 0 Å². The molecular formula is C19H18ClN3O2. The largest absolute Gasteiger partial charge is 0.370 e. The van der Waals surface area contributed by atoms with Crippen LogP contribution in [0, 0.1) is 27.4 Å². The zero-order valence-electron chi connectivity index (χ0n) is 13.7. The maximum absolute atomic E-state index is 10.8. The highest BCUT2D eigenvalue weighted by Crippen LogP contribution is 2.33. The Morgan fingerprint density at radius 3 is 2.60 bits per heavy atom. The number of hydrogen-bond donors (Lipinski definition) is 0. The van der Waals surface area contributed by atoms with Gasteiger partial charge in [-0.15, -0.1) is 0 Å². The van der Waals surface area contributed by atoms with E-state index in [1.807, 2.05) is 24.3 Å². The second-order valence-corrected chi connectivity index (χ2v) is 6.70. The number of anilines is 1. The van der Waals surface area contributed by atoms with E-state index in [-0.39, 0.29) is 5.69 Å². The molecule has 0 amide bonds. The number of hydrogen-bond acceptors (Lipinski definition) is 4. The van der Waals surface area contributed by atoms with Crippen molar-refractivity contribution in [2.24, 2.45) is 5.92 Å². The van der Waals surface area contributed by atoms with Gasteiger partial charge in [0.25, 0.3) is 5.69 Å². The van der Waals surface area contributed by atoms with E-state index in [2.05, 4.69) is 11.0 Å². The standard InChI is InChI=1S/C19H18ClN3O2/c20-18-12-17(23(24)25)5-6-19(18)22-9-7-14(8-10-22)11-15-3-1-2-4-16(15)13-21/h1-6,12,14H,7-11H2. The Labute approximate surface area is 151 Å². The van der Waals surface area contributed by atoms with Crippen LogP contribution in [-0.2, 0) is 6.42 Å². The van der Waals surface area contributed by atoms with Gasteiger partial charge in [-0.3, -0.25) is 10.1 Å². The molecule has 2 aromatic carbocycles. The molecule has 2 aromatic rings.